The van der Waals surface area contributed by atoms with Gasteiger partial charge in [0.05, 0.1) is 11.0 Å². The van der Waals surface area contributed by atoms with E-state index in [1.807, 2.05) is 0 Å². The molecule has 3 aliphatic carbocycles. The Labute approximate surface area is 163 Å². The van der Waals surface area contributed by atoms with Gasteiger partial charge in [-0.2, -0.15) is 0 Å². The molecule has 4 rings (SSSR count). The van der Waals surface area contributed by atoms with Gasteiger partial charge in [0, 0.05) is 12.0 Å². The molecule has 0 saturated heterocycles. The van der Waals surface area contributed by atoms with E-state index in [0.717, 1.165) is 31.2 Å². The van der Waals surface area contributed by atoms with Gasteiger partial charge in [-0.25, -0.2) is 18.0 Å². The first-order valence-corrected chi connectivity index (χ1v) is 10.1. The van der Waals surface area contributed by atoms with Crippen LogP contribution in [0.4, 0.5) is 13.2 Å². The van der Waals surface area contributed by atoms with Gasteiger partial charge < -0.3 is 9.47 Å². The molecule has 0 bridgehead atoms. The van der Waals surface area contributed by atoms with Crippen LogP contribution in [0.1, 0.15) is 81.1 Å². The first-order valence-electron chi connectivity index (χ1n) is 10.1. The molecule has 0 unspecified atom stereocenters. The molecule has 0 amide bonds. The van der Waals surface area contributed by atoms with Crippen molar-refractivity contribution in [2.45, 2.75) is 76.7 Å². The van der Waals surface area contributed by atoms with Gasteiger partial charge in [0.2, 0.25) is 0 Å². The van der Waals surface area contributed by atoms with Gasteiger partial charge in [-0.15, -0.1) is 0 Å². The maximum atomic E-state index is 14.6. The van der Waals surface area contributed by atoms with Gasteiger partial charge in [0.25, 0.3) is 5.92 Å². The first-order chi connectivity index (χ1) is 13.1. The lowest BCUT2D eigenvalue weighted by molar-refractivity contribution is 0.00645. The Kier molecular flexibility index (Phi) is 4.47. The number of fused-ring (bicyclic) bond motifs is 1. The van der Waals surface area contributed by atoms with Crippen LogP contribution >= 0.6 is 0 Å². The van der Waals surface area contributed by atoms with Crippen LogP contribution in [0, 0.1) is 17.2 Å². The van der Waals surface area contributed by atoms with Crippen molar-refractivity contribution < 1.29 is 27.4 Å². The standard InChI is InChI=1S/C22H27F3O3/c1-20(2,3)28-19(26)15-10-14(13-7-8-13)17(11-16(15)23)27-12-21-9-5-4-6-18(21)22(21,24)25/h10-11,13,18H,4-9,12H2,1-3H3/t18-,21-/m0/s1. The van der Waals surface area contributed by atoms with Crippen LogP contribution in [0.3, 0.4) is 0 Å². The van der Waals surface area contributed by atoms with Gasteiger partial charge in [0.15, 0.2) is 0 Å². The highest BCUT2D eigenvalue weighted by molar-refractivity contribution is 5.90. The molecular formula is C22H27F3O3. The molecule has 0 radical (unpaired) electrons. The monoisotopic (exact) mass is 396 g/mol. The van der Waals surface area contributed by atoms with Gasteiger partial charge in [-0.3, -0.25) is 0 Å². The molecule has 0 aromatic heterocycles. The summed E-state index contributed by atoms with van der Waals surface area (Å²) in [5.41, 5.74) is -1.25. The Morgan fingerprint density at radius 3 is 2.50 bits per heavy atom. The van der Waals surface area contributed by atoms with Crippen molar-refractivity contribution in [1.29, 1.82) is 0 Å². The number of halogens is 3. The molecule has 3 nitrogen and oxygen atoms in total. The third kappa shape index (κ3) is 3.29. The SMILES string of the molecule is CC(C)(C)OC(=O)c1cc(C2CC2)c(OC[C@@]23CCCC[C@@H]2C3(F)F)cc1F. The maximum Gasteiger partial charge on any atom is 0.341 e. The molecule has 0 N–H and O–H groups in total. The normalized spacial score (nSPS) is 28.4. The molecule has 0 heterocycles. The molecule has 1 aromatic rings. The minimum atomic E-state index is -2.70. The zero-order chi connectivity index (χ0) is 20.3. The fraction of sp³-hybridized carbons (Fsp3) is 0.682. The Bertz CT molecular complexity index is 795. The number of ether oxygens (including phenoxy) is 2. The largest absolute Gasteiger partial charge is 0.492 e. The number of rotatable bonds is 5. The molecule has 3 saturated carbocycles. The number of alkyl halides is 2. The van der Waals surface area contributed by atoms with Crippen LogP contribution in [-0.2, 0) is 4.74 Å². The van der Waals surface area contributed by atoms with Crippen LogP contribution in [0.5, 0.6) is 5.75 Å². The molecular weight excluding hydrogens is 369 g/mol. The summed E-state index contributed by atoms with van der Waals surface area (Å²) < 4.78 is 54.4. The van der Waals surface area contributed by atoms with Crippen molar-refractivity contribution in [1.82, 2.24) is 0 Å². The topological polar surface area (TPSA) is 35.5 Å². The molecule has 3 aliphatic rings. The van der Waals surface area contributed by atoms with Crippen LogP contribution in [-0.4, -0.2) is 24.1 Å². The van der Waals surface area contributed by atoms with E-state index in [-0.39, 0.29) is 23.8 Å². The molecule has 3 fully saturated rings. The molecule has 2 atom stereocenters. The van der Waals surface area contributed by atoms with Crippen LogP contribution < -0.4 is 4.74 Å². The third-order valence-corrected chi connectivity index (χ3v) is 6.27. The number of esters is 1. The van der Waals surface area contributed by atoms with Crippen LogP contribution in [0.2, 0.25) is 0 Å². The minimum Gasteiger partial charge on any atom is -0.492 e. The quantitative estimate of drug-likeness (QED) is 0.585. The van der Waals surface area contributed by atoms with Gasteiger partial charge >= 0.3 is 5.97 Å². The van der Waals surface area contributed by atoms with E-state index in [9.17, 15) is 18.0 Å². The summed E-state index contributed by atoms with van der Waals surface area (Å²) in [7, 11) is 0. The Balaban J connectivity index is 1.56. The van der Waals surface area contributed by atoms with Crippen molar-refractivity contribution in [3.63, 3.8) is 0 Å². The number of benzene rings is 1. The zero-order valence-corrected chi connectivity index (χ0v) is 16.6. The molecule has 6 heteroatoms. The lowest BCUT2D eigenvalue weighted by atomic mass is 9.89. The average molecular weight is 396 g/mol. The fourth-order valence-electron chi connectivity index (χ4n) is 4.55. The summed E-state index contributed by atoms with van der Waals surface area (Å²) in [6.07, 6.45) is 4.41. The molecule has 28 heavy (non-hydrogen) atoms. The second-order valence-corrected chi connectivity index (χ2v) is 9.51. The maximum absolute atomic E-state index is 14.6. The van der Waals surface area contributed by atoms with E-state index in [1.54, 1.807) is 20.8 Å². The number of hydrogen-bond donors (Lipinski definition) is 0. The van der Waals surface area contributed by atoms with E-state index in [1.165, 1.54) is 12.1 Å². The predicted molar refractivity (Wildman–Crippen MR) is 98.4 cm³/mol. The predicted octanol–water partition coefficient (Wildman–Crippen LogP) is 5.86. The van der Waals surface area contributed by atoms with E-state index in [0.29, 0.717) is 12.8 Å². The molecule has 0 spiro atoms. The minimum absolute atomic E-state index is 0.102. The van der Waals surface area contributed by atoms with Crippen LogP contribution in [0.15, 0.2) is 12.1 Å². The lowest BCUT2D eigenvalue weighted by Crippen LogP contribution is -2.25. The summed E-state index contributed by atoms with van der Waals surface area (Å²) >= 11 is 0. The smallest absolute Gasteiger partial charge is 0.341 e. The zero-order valence-electron chi connectivity index (χ0n) is 16.6. The van der Waals surface area contributed by atoms with E-state index in [2.05, 4.69) is 0 Å². The summed E-state index contributed by atoms with van der Waals surface area (Å²) in [5, 5.41) is 0. The molecule has 154 valence electrons. The van der Waals surface area contributed by atoms with Crippen molar-refractivity contribution >= 4 is 5.97 Å². The van der Waals surface area contributed by atoms with Gasteiger partial charge in [-0.1, -0.05) is 12.8 Å². The summed E-state index contributed by atoms with van der Waals surface area (Å²) in [4.78, 5) is 12.3. The van der Waals surface area contributed by atoms with Crippen molar-refractivity contribution in [2.24, 2.45) is 11.3 Å². The van der Waals surface area contributed by atoms with E-state index >= 15 is 0 Å². The summed E-state index contributed by atoms with van der Waals surface area (Å²) in [6.45, 7) is 5.06. The Hall–Kier alpha value is -1.72. The molecule has 0 aliphatic heterocycles. The summed E-state index contributed by atoms with van der Waals surface area (Å²) in [6, 6.07) is 2.65. The van der Waals surface area contributed by atoms with Crippen molar-refractivity contribution in [2.75, 3.05) is 6.61 Å². The second-order valence-electron chi connectivity index (χ2n) is 9.51. The number of carbonyl (C=O) groups excluding carboxylic acids is 1. The highest BCUT2D eigenvalue weighted by Crippen LogP contribution is 2.72. The Morgan fingerprint density at radius 1 is 1.18 bits per heavy atom. The number of hydrogen-bond acceptors (Lipinski definition) is 3. The van der Waals surface area contributed by atoms with Crippen molar-refractivity contribution in [3.8, 4) is 5.75 Å². The van der Waals surface area contributed by atoms with E-state index < -0.39 is 34.6 Å². The second kappa shape index (κ2) is 6.39. The Morgan fingerprint density at radius 2 is 1.89 bits per heavy atom. The lowest BCUT2D eigenvalue weighted by Gasteiger charge is -2.23. The average Bonchev–Trinajstić information content (AvgIpc) is 3.49. The number of carbonyl (C=O) groups is 1. The summed E-state index contributed by atoms with van der Waals surface area (Å²) in [5.74, 6) is -4.32. The fourth-order valence-corrected chi connectivity index (χ4v) is 4.55. The highest BCUT2D eigenvalue weighted by Gasteiger charge is 2.80. The first kappa shape index (κ1) is 19.6. The van der Waals surface area contributed by atoms with Gasteiger partial charge in [-0.05, 0) is 64.0 Å². The van der Waals surface area contributed by atoms with Crippen LogP contribution in [0.25, 0.3) is 0 Å². The molecule has 1 aromatic carbocycles. The third-order valence-electron chi connectivity index (χ3n) is 6.27. The van der Waals surface area contributed by atoms with Gasteiger partial charge in [0.1, 0.15) is 23.8 Å². The van der Waals surface area contributed by atoms with Crippen molar-refractivity contribution in [3.05, 3.63) is 29.1 Å². The highest BCUT2D eigenvalue weighted by atomic mass is 19.3. The van der Waals surface area contributed by atoms with E-state index in [4.69, 9.17) is 9.47 Å².